The maximum absolute atomic E-state index is 11.9. The van der Waals surface area contributed by atoms with Crippen LogP contribution in [0.2, 0.25) is 0 Å². The monoisotopic (exact) mass is 327 g/mol. The van der Waals surface area contributed by atoms with Gasteiger partial charge in [0, 0.05) is 16.6 Å². The van der Waals surface area contributed by atoms with Crippen LogP contribution in [0.1, 0.15) is 43.1 Å². The van der Waals surface area contributed by atoms with Crippen molar-refractivity contribution in [1.29, 1.82) is 0 Å². The molecule has 0 aliphatic rings. The molecule has 1 rings (SSSR count). The first-order chi connectivity index (χ1) is 8.69. The predicted molar refractivity (Wildman–Crippen MR) is 81.3 cm³/mol. The van der Waals surface area contributed by atoms with Gasteiger partial charge in [-0.05, 0) is 36.5 Å². The summed E-state index contributed by atoms with van der Waals surface area (Å²) >= 11 is 3.40. The standard InChI is InChI=1S/C15H22BrNO2/c1-10-5-6-11(7-13(10)16)14(19)17-9-12(18)8-15(2,3)4/h5-7,12,18H,8-9H2,1-4H3,(H,17,19). The molecule has 1 amide bonds. The average Bonchev–Trinajstić information content (AvgIpc) is 2.27. The molecule has 0 saturated carbocycles. The molecule has 0 aromatic heterocycles. The summed E-state index contributed by atoms with van der Waals surface area (Å²) in [5.74, 6) is -0.159. The zero-order chi connectivity index (χ0) is 14.6. The van der Waals surface area contributed by atoms with Crippen molar-refractivity contribution in [3.05, 3.63) is 33.8 Å². The van der Waals surface area contributed by atoms with Crippen molar-refractivity contribution < 1.29 is 9.90 Å². The Hall–Kier alpha value is -0.870. The molecule has 2 N–H and O–H groups in total. The highest BCUT2D eigenvalue weighted by atomic mass is 79.9. The molecule has 19 heavy (non-hydrogen) atoms. The number of aliphatic hydroxyl groups is 1. The van der Waals surface area contributed by atoms with Gasteiger partial charge < -0.3 is 10.4 Å². The van der Waals surface area contributed by atoms with E-state index in [1.165, 1.54) is 0 Å². The summed E-state index contributed by atoms with van der Waals surface area (Å²) in [6, 6.07) is 5.47. The van der Waals surface area contributed by atoms with Crippen LogP contribution in [0.5, 0.6) is 0 Å². The van der Waals surface area contributed by atoms with Gasteiger partial charge in [-0.1, -0.05) is 42.8 Å². The fourth-order valence-electron chi connectivity index (χ4n) is 1.83. The Morgan fingerprint density at radius 3 is 2.58 bits per heavy atom. The summed E-state index contributed by atoms with van der Waals surface area (Å²) in [6.07, 6.45) is 0.142. The van der Waals surface area contributed by atoms with E-state index in [-0.39, 0.29) is 17.9 Å². The van der Waals surface area contributed by atoms with Crippen LogP contribution in [-0.4, -0.2) is 23.7 Å². The molecule has 1 atom stereocenters. The number of hydrogen-bond acceptors (Lipinski definition) is 2. The molecule has 4 heteroatoms. The minimum Gasteiger partial charge on any atom is -0.391 e. The van der Waals surface area contributed by atoms with E-state index in [0.717, 1.165) is 10.0 Å². The molecule has 0 heterocycles. The summed E-state index contributed by atoms with van der Waals surface area (Å²) in [5, 5.41) is 12.6. The lowest BCUT2D eigenvalue weighted by Crippen LogP contribution is -2.34. The third-order valence-electron chi connectivity index (χ3n) is 2.78. The molecule has 0 aliphatic carbocycles. The number of nitrogens with one attached hydrogen (secondary N) is 1. The van der Waals surface area contributed by atoms with E-state index in [9.17, 15) is 9.90 Å². The summed E-state index contributed by atoms with van der Waals surface area (Å²) in [7, 11) is 0. The molecule has 0 saturated heterocycles. The van der Waals surface area contributed by atoms with Gasteiger partial charge in [-0.3, -0.25) is 4.79 Å². The molecule has 0 fully saturated rings. The number of halogens is 1. The smallest absolute Gasteiger partial charge is 0.251 e. The minimum atomic E-state index is -0.516. The molecular formula is C15H22BrNO2. The van der Waals surface area contributed by atoms with Crippen molar-refractivity contribution in [2.75, 3.05) is 6.54 Å². The zero-order valence-electron chi connectivity index (χ0n) is 12.0. The van der Waals surface area contributed by atoms with Crippen LogP contribution < -0.4 is 5.32 Å². The van der Waals surface area contributed by atoms with E-state index in [1.807, 2.05) is 13.0 Å². The van der Waals surface area contributed by atoms with Gasteiger partial charge in [-0.2, -0.15) is 0 Å². The lowest BCUT2D eigenvalue weighted by atomic mass is 9.89. The Bertz CT molecular complexity index is 452. The van der Waals surface area contributed by atoms with E-state index in [0.29, 0.717) is 12.0 Å². The van der Waals surface area contributed by atoms with E-state index >= 15 is 0 Å². The molecule has 106 valence electrons. The van der Waals surface area contributed by atoms with Gasteiger partial charge in [0.15, 0.2) is 0 Å². The summed E-state index contributed by atoms with van der Waals surface area (Å²) in [6.45, 7) is 8.44. The summed E-state index contributed by atoms with van der Waals surface area (Å²) in [4.78, 5) is 11.9. The van der Waals surface area contributed by atoms with Gasteiger partial charge in [-0.15, -0.1) is 0 Å². The Kier molecular flexibility index (Phi) is 5.56. The Morgan fingerprint density at radius 2 is 2.05 bits per heavy atom. The van der Waals surface area contributed by atoms with Crippen molar-refractivity contribution in [1.82, 2.24) is 5.32 Å². The lowest BCUT2D eigenvalue weighted by Gasteiger charge is -2.22. The molecule has 0 spiro atoms. The van der Waals surface area contributed by atoms with Gasteiger partial charge >= 0.3 is 0 Å². The molecule has 0 aliphatic heterocycles. The van der Waals surface area contributed by atoms with Gasteiger partial charge in [0.25, 0.3) is 5.91 Å². The van der Waals surface area contributed by atoms with Gasteiger partial charge in [-0.25, -0.2) is 0 Å². The van der Waals surface area contributed by atoms with E-state index in [4.69, 9.17) is 0 Å². The van der Waals surface area contributed by atoms with Crippen LogP contribution in [-0.2, 0) is 0 Å². The number of carbonyl (C=O) groups is 1. The highest BCUT2D eigenvalue weighted by Crippen LogP contribution is 2.20. The maximum Gasteiger partial charge on any atom is 0.251 e. The van der Waals surface area contributed by atoms with Crippen LogP contribution in [0.3, 0.4) is 0 Å². The molecule has 0 radical (unpaired) electrons. The third-order valence-corrected chi connectivity index (χ3v) is 3.63. The van der Waals surface area contributed by atoms with Crippen molar-refractivity contribution in [2.24, 2.45) is 5.41 Å². The predicted octanol–water partition coefficient (Wildman–Crippen LogP) is 3.28. The maximum atomic E-state index is 11.9. The fraction of sp³-hybridized carbons (Fsp3) is 0.533. The minimum absolute atomic E-state index is 0.0526. The number of aliphatic hydroxyl groups excluding tert-OH is 1. The van der Waals surface area contributed by atoms with Crippen molar-refractivity contribution in [3.8, 4) is 0 Å². The van der Waals surface area contributed by atoms with E-state index in [2.05, 4.69) is 42.0 Å². The van der Waals surface area contributed by atoms with Crippen LogP contribution in [0.15, 0.2) is 22.7 Å². The van der Waals surface area contributed by atoms with Crippen LogP contribution in [0.4, 0.5) is 0 Å². The highest BCUT2D eigenvalue weighted by Gasteiger charge is 2.17. The number of aryl methyl sites for hydroxylation is 1. The third kappa shape index (κ3) is 5.74. The second kappa shape index (κ2) is 6.53. The number of benzene rings is 1. The van der Waals surface area contributed by atoms with Crippen molar-refractivity contribution in [2.45, 2.75) is 40.2 Å². The molecule has 1 aromatic rings. The van der Waals surface area contributed by atoms with Crippen LogP contribution >= 0.6 is 15.9 Å². The molecular weight excluding hydrogens is 306 g/mol. The fourth-order valence-corrected chi connectivity index (χ4v) is 2.20. The molecule has 0 bridgehead atoms. The topological polar surface area (TPSA) is 49.3 Å². The zero-order valence-corrected chi connectivity index (χ0v) is 13.5. The molecule has 1 unspecified atom stereocenters. The first-order valence-corrected chi connectivity index (χ1v) is 7.21. The normalized spacial score (nSPS) is 13.2. The van der Waals surface area contributed by atoms with E-state index < -0.39 is 6.10 Å². The second-order valence-corrected chi connectivity index (χ2v) is 6.95. The van der Waals surface area contributed by atoms with Gasteiger partial charge in [0.1, 0.15) is 0 Å². The van der Waals surface area contributed by atoms with Gasteiger partial charge in [0.2, 0.25) is 0 Å². The molecule has 3 nitrogen and oxygen atoms in total. The Morgan fingerprint density at radius 1 is 1.42 bits per heavy atom. The number of amides is 1. The first kappa shape index (κ1) is 16.2. The van der Waals surface area contributed by atoms with Crippen LogP contribution in [0.25, 0.3) is 0 Å². The van der Waals surface area contributed by atoms with Gasteiger partial charge in [0.05, 0.1) is 6.10 Å². The largest absolute Gasteiger partial charge is 0.391 e. The Balaban J connectivity index is 2.53. The molecule has 1 aromatic carbocycles. The summed E-state index contributed by atoms with van der Waals surface area (Å²) in [5.41, 5.74) is 1.74. The first-order valence-electron chi connectivity index (χ1n) is 6.41. The van der Waals surface area contributed by atoms with Crippen LogP contribution in [0, 0.1) is 12.3 Å². The lowest BCUT2D eigenvalue weighted by molar-refractivity contribution is 0.0868. The van der Waals surface area contributed by atoms with Crippen molar-refractivity contribution in [3.63, 3.8) is 0 Å². The second-order valence-electron chi connectivity index (χ2n) is 6.09. The van der Waals surface area contributed by atoms with Crippen molar-refractivity contribution >= 4 is 21.8 Å². The SMILES string of the molecule is Cc1ccc(C(=O)NCC(O)CC(C)(C)C)cc1Br. The summed E-state index contributed by atoms with van der Waals surface area (Å²) < 4.78 is 0.912. The van der Waals surface area contributed by atoms with E-state index in [1.54, 1.807) is 12.1 Å². The number of rotatable bonds is 4. The quantitative estimate of drug-likeness (QED) is 0.891. The number of hydrogen-bond donors (Lipinski definition) is 2. The number of carbonyl (C=O) groups excluding carboxylic acids is 1. The highest BCUT2D eigenvalue weighted by molar-refractivity contribution is 9.10. The Labute approximate surface area is 123 Å². The average molecular weight is 328 g/mol.